The number of hydrogen-bond acceptors (Lipinski definition) is 8. The highest BCUT2D eigenvalue weighted by Crippen LogP contribution is 2.13. The van der Waals surface area contributed by atoms with E-state index in [1.165, 1.54) is 12.2 Å². The largest absolute Gasteiger partial charge is 0.445 e. The van der Waals surface area contributed by atoms with Crippen LogP contribution in [-0.4, -0.2) is 71.7 Å². The summed E-state index contributed by atoms with van der Waals surface area (Å²) in [5.41, 5.74) is 11.2. The molecule has 0 radical (unpaired) electrons. The topological polar surface area (TPSA) is 232 Å². The van der Waals surface area contributed by atoms with Crippen LogP contribution in [0.4, 0.5) is 15.3 Å². The summed E-state index contributed by atoms with van der Waals surface area (Å²) in [5, 5.41) is 10.6. The average Bonchev–Trinajstić information content (AvgIpc) is 3.28. The number of anilines is 1. The van der Waals surface area contributed by atoms with Crippen LogP contribution in [-0.2, 0) is 35.3 Å². The number of primary amides is 2. The normalized spacial score (nSPS) is 13.8. The van der Waals surface area contributed by atoms with Crippen LogP contribution >= 0.6 is 0 Å². The lowest BCUT2D eigenvalue weighted by atomic mass is 10.0. The van der Waals surface area contributed by atoms with Gasteiger partial charge < -0.3 is 37.5 Å². The Bertz CT molecular complexity index is 1210. The Morgan fingerprint density at radius 3 is 2.11 bits per heavy atom. The molecule has 0 saturated carbocycles. The molecule has 0 bridgehead atoms. The standard InChI is InChI=1S/C29H41N7O8/c1-18(2)25(35-22(37)8-4-3-5-16-36-23(38)13-14-24(36)39)27(41)34-21(7-6-15-32-28(30)42)26(40)33-20-11-9-19(10-12-20)17-44-29(31)43/h9-14,18,21,25H,3-8,15-17H2,1-2H3,(H2,31,43)(H,33,40)(H,34,41)(H,35,37)(H3,30,32,42)/t21-,25-/m1/s1. The van der Waals surface area contributed by atoms with Crippen molar-refractivity contribution in [3.63, 3.8) is 0 Å². The first kappa shape index (κ1) is 35.2. The summed E-state index contributed by atoms with van der Waals surface area (Å²) in [6, 6.07) is 3.83. The van der Waals surface area contributed by atoms with Crippen LogP contribution < -0.4 is 32.7 Å². The fourth-order valence-electron chi connectivity index (χ4n) is 4.28. The maximum absolute atomic E-state index is 13.3. The third-order valence-corrected chi connectivity index (χ3v) is 6.66. The second kappa shape index (κ2) is 17.9. The monoisotopic (exact) mass is 615 g/mol. The molecule has 0 unspecified atom stereocenters. The number of carbonyl (C=O) groups excluding carboxylic acids is 7. The summed E-state index contributed by atoms with van der Waals surface area (Å²) in [5.74, 6) is -2.40. The Labute approximate surface area is 255 Å². The fourth-order valence-corrected chi connectivity index (χ4v) is 4.28. The number of benzene rings is 1. The molecule has 0 fully saturated rings. The average molecular weight is 616 g/mol. The van der Waals surface area contributed by atoms with E-state index in [0.29, 0.717) is 36.9 Å². The van der Waals surface area contributed by atoms with Gasteiger partial charge in [0.1, 0.15) is 18.7 Å². The molecule has 1 aliphatic rings. The zero-order chi connectivity index (χ0) is 32.6. The Morgan fingerprint density at radius 2 is 1.52 bits per heavy atom. The number of nitrogens with two attached hydrogens (primary N) is 2. The summed E-state index contributed by atoms with van der Waals surface area (Å²) in [4.78, 5) is 85.3. The van der Waals surface area contributed by atoms with Gasteiger partial charge in [0.2, 0.25) is 17.7 Å². The van der Waals surface area contributed by atoms with Crippen LogP contribution in [0.2, 0.25) is 0 Å². The molecule has 15 heteroatoms. The number of nitrogens with zero attached hydrogens (tertiary/aromatic N) is 1. The molecule has 1 heterocycles. The SMILES string of the molecule is CC(C)[C@@H](NC(=O)CCCCCN1C(=O)C=CC1=O)C(=O)N[C@H](CCCNC(N)=O)C(=O)Nc1ccc(COC(N)=O)cc1. The van der Waals surface area contributed by atoms with Crippen molar-refractivity contribution >= 4 is 47.3 Å². The number of ether oxygens (including phenoxy) is 1. The highest BCUT2D eigenvalue weighted by atomic mass is 16.5. The van der Waals surface area contributed by atoms with Gasteiger partial charge in [-0.2, -0.15) is 0 Å². The Kier molecular flexibility index (Phi) is 14.3. The van der Waals surface area contributed by atoms with Crippen molar-refractivity contribution in [3.8, 4) is 0 Å². The third-order valence-electron chi connectivity index (χ3n) is 6.66. The molecular formula is C29H41N7O8. The number of hydrogen-bond donors (Lipinski definition) is 6. The number of rotatable bonds is 18. The minimum atomic E-state index is -1.00. The molecule has 2 rings (SSSR count). The lowest BCUT2D eigenvalue weighted by molar-refractivity contribution is -0.137. The van der Waals surface area contributed by atoms with E-state index in [4.69, 9.17) is 16.2 Å². The number of amides is 8. The summed E-state index contributed by atoms with van der Waals surface area (Å²) in [6.45, 7) is 3.95. The molecule has 0 aromatic heterocycles. The first-order valence-corrected chi connectivity index (χ1v) is 14.4. The van der Waals surface area contributed by atoms with Gasteiger partial charge in [-0.15, -0.1) is 0 Å². The van der Waals surface area contributed by atoms with Gasteiger partial charge >= 0.3 is 12.1 Å². The first-order chi connectivity index (χ1) is 20.9. The van der Waals surface area contributed by atoms with Crippen LogP contribution in [0.3, 0.4) is 0 Å². The second-order valence-corrected chi connectivity index (χ2v) is 10.5. The van der Waals surface area contributed by atoms with E-state index in [9.17, 15) is 33.6 Å². The highest BCUT2D eigenvalue weighted by molar-refractivity contribution is 6.12. The number of unbranched alkanes of at least 4 members (excludes halogenated alkanes) is 2. The van der Waals surface area contributed by atoms with Crippen molar-refractivity contribution in [1.82, 2.24) is 20.9 Å². The number of imide groups is 1. The van der Waals surface area contributed by atoms with E-state index in [-0.39, 0.29) is 56.2 Å². The van der Waals surface area contributed by atoms with E-state index in [2.05, 4.69) is 21.3 Å². The first-order valence-electron chi connectivity index (χ1n) is 14.4. The van der Waals surface area contributed by atoms with Gasteiger partial charge in [-0.1, -0.05) is 32.4 Å². The molecule has 0 saturated heterocycles. The second-order valence-electron chi connectivity index (χ2n) is 10.5. The number of nitrogens with one attached hydrogen (secondary N) is 4. The van der Waals surface area contributed by atoms with E-state index in [0.717, 1.165) is 4.90 Å². The lowest BCUT2D eigenvalue weighted by Crippen LogP contribution is -2.54. The maximum Gasteiger partial charge on any atom is 0.404 e. The minimum Gasteiger partial charge on any atom is -0.445 e. The Hall–Kier alpha value is -4.95. The van der Waals surface area contributed by atoms with Gasteiger partial charge in [0.25, 0.3) is 11.8 Å². The van der Waals surface area contributed by atoms with Gasteiger partial charge in [0.05, 0.1) is 0 Å². The summed E-state index contributed by atoms with van der Waals surface area (Å²) < 4.78 is 4.74. The minimum absolute atomic E-state index is 0.0320. The van der Waals surface area contributed by atoms with Crippen LogP contribution in [0.25, 0.3) is 0 Å². The van der Waals surface area contributed by atoms with Crippen molar-refractivity contribution in [3.05, 3.63) is 42.0 Å². The van der Waals surface area contributed by atoms with E-state index < -0.39 is 36.0 Å². The zero-order valence-electron chi connectivity index (χ0n) is 24.9. The van der Waals surface area contributed by atoms with E-state index in [1.807, 2.05) is 0 Å². The highest BCUT2D eigenvalue weighted by Gasteiger charge is 2.29. The molecule has 2 atom stereocenters. The van der Waals surface area contributed by atoms with Gasteiger partial charge in [-0.05, 0) is 49.3 Å². The van der Waals surface area contributed by atoms with E-state index >= 15 is 0 Å². The molecule has 15 nitrogen and oxygen atoms in total. The Morgan fingerprint density at radius 1 is 0.864 bits per heavy atom. The predicted octanol–water partition coefficient (Wildman–Crippen LogP) is 0.780. The van der Waals surface area contributed by atoms with Gasteiger partial charge in [0.15, 0.2) is 0 Å². The molecule has 44 heavy (non-hydrogen) atoms. The van der Waals surface area contributed by atoms with Crippen LogP contribution in [0.1, 0.15) is 57.9 Å². The summed E-state index contributed by atoms with van der Waals surface area (Å²) >= 11 is 0. The number of carbonyl (C=O) groups is 7. The molecule has 8 N–H and O–H groups in total. The van der Waals surface area contributed by atoms with Crippen molar-refractivity contribution in [2.24, 2.45) is 17.4 Å². The summed E-state index contributed by atoms with van der Waals surface area (Å²) in [7, 11) is 0. The van der Waals surface area contributed by atoms with Gasteiger partial charge in [-0.3, -0.25) is 28.9 Å². The lowest BCUT2D eigenvalue weighted by Gasteiger charge is -2.25. The molecule has 1 aromatic carbocycles. The van der Waals surface area contributed by atoms with Crippen molar-refractivity contribution in [2.75, 3.05) is 18.4 Å². The molecule has 1 aromatic rings. The molecule has 240 valence electrons. The predicted molar refractivity (Wildman–Crippen MR) is 159 cm³/mol. The third kappa shape index (κ3) is 12.5. The van der Waals surface area contributed by atoms with Crippen molar-refractivity contribution < 1.29 is 38.3 Å². The molecule has 8 amide bonds. The molecule has 0 aliphatic carbocycles. The van der Waals surface area contributed by atoms with Crippen LogP contribution in [0.5, 0.6) is 0 Å². The van der Waals surface area contributed by atoms with E-state index in [1.54, 1.807) is 38.1 Å². The fraction of sp³-hybridized carbons (Fsp3) is 0.483. The Balaban J connectivity index is 1.94. The molecular weight excluding hydrogens is 574 g/mol. The summed E-state index contributed by atoms with van der Waals surface area (Å²) in [6.07, 6.45) is 3.81. The number of urea groups is 1. The van der Waals surface area contributed by atoms with Gasteiger partial charge in [-0.25, -0.2) is 9.59 Å². The zero-order valence-corrected chi connectivity index (χ0v) is 24.9. The quantitative estimate of drug-likeness (QED) is 0.102. The van der Waals surface area contributed by atoms with Crippen molar-refractivity contribution in [1.29, 1.82) is 0 Å². The molecule has 0 spiro atoms. The smallest absolute Gasteiger partial charge is 0.404 e. The van der Waals surface area contributed by atoms with Gasteiger partial charge in [0, 0.05) is 37.3 Å². The van der Waals surface area contributed by atoms with Crippen LogP contribution in [0.15, 0.2) is 36.4 Å². The molecule has 1 aliphatic heterocycles. The van der Waals surface area contributed by atoms with Crippen molar-refractivity contribution in [2.45, 2.75) is 71.1 Å². The van der Waals surface area contributed by atoms with Crippen LogP contribution in [0, 0.1) is 5.92 Å². The maximum atomic E-state index is 13.3.